The quantitative estimate of drug-likeness (QED) is 0.104. The van der Waals surface area contributed by atoms with Crippen LogP contribution in [0.1, 0.15) is 129 Å². The average molecular weight is 454 g/mol. The van der Waals surface area contributed by atoms with Gasteiger partial charge in [0, 0.05) is 0 Å². The summed E-state index contributed by atoms with van der Waals surface area (Å²) in [5.41, 5.74) is 0.965. The van der Waals surface area contributed by atoms with Gasteiger partial charge in [-0.3, -0.25) is 0 Å². The van der Waals surface area contributed by atoms with Gasteiger partial charge in [-0.2, -0.15) is 0 Å². The minimum Gasteiger partial charge on any atom is -0.0654 e. The van der Waals surface area contributed by atoms with Crippen molar-refractivity contribution in [2.45, 2.75) is 135 Å². The zero-order chi connectivity index (χ0) is 17.0. The molecule has 0 aromatic rings. The summed E-state index contributed by atoms with van der Waals surface area (Å²) < 4.78 is 0. The van der Waals surface area contributed by atoms with Crippen molar-refractivity contribution in [1.29, 1.82) is 0 Å². The van der Waals surface area contributed by atoms with Crippen molar-refractivity contribution in [3.8, 4) is 0 Å². The molecule has 0 bridgehead atoms. The second-order valence-corrected chi connectivity index (χ2v) is 10.5. The van der Waals surface area contributed by atoms with Crippen LogP contribution in [0.3, 0.4) is 0 Å². The first-order valence-corrected chi connectivity index (χ1v) is 14.9. The fraction of sp³-hybridized carbons (Fsp3) is 1.00. The lowest BCUT2D eigenvalue weighted by atomic mass is 10.0. The summed E-state index contributed by atoms with van der Waals surface area (Å²) >= 11 is 2.55. The van der Waals surface area contributed by atoms with E-state index in [-0.39, 0.29) is 0 Å². The van der Waals surface area contributed by atoms with Crippen LogP contribution in [0, 0.1) is 0 Å². The molecule has 0 heterocycles. The van der Waals surface area contributed by atoms with E-state index in [1.165, 1.54) is 116 Å². The molecule has 0 aliphatic heterocycles. The molecule has 0 rings (SSSR count). The third-order valence-electron chi connectivity index (χ3n) is 4.93. The van der Waals surface area contributed by atoms with Crippen LogP contribution in [0.25, 0.3) is 0 Å². The standard InChI is InChI=1S/C21H44IP/c1-3-4-5-6-7-8-9-10-11-12-13-14-15-16-17-18-19-20-21(2)23-22/h21,23H,3-20H2,1-2H3. The predicted octanol–water partition coefficient (Wildman–Crippen LogP) is 9.45. The molecule has 2 atom stereocenters. The maximum atomic E-state index is 2.55. The minimum atomic E-state index is 0.965. The molecule has 0 aliphatic rings. The van der Waals surface area contributed by atoms with Crippen molar-refractivity contribution in [3.05, 3.63) is 0 Å². The Kier molecular flexibility index (Phi) is 22.3. The van der Waals surface area contributed by atoms with E-state index in [4.69, 9.17) is 0 Å². The zero-order valence-electron chi connectivity index (χ0n) is 16.2. The molecule has 0 saturated heterocycles. The molecular formula is C21H44IP. The maximum Gasteiger partial charge on any atom is -0.0174 e. The number of rotatable bonds is 19. The summed E-state index contributed by atoms with van der Waals surface area (Å²) in [7, 11) is 0. The molecule has 0 radical (unpaired) electrons. The van der Waals surface area contributed by atoms with Gasteiger partial charge in [-0.25, -0.2) is 0 Å². The Morgan fingerprint density at radius 3 is 1.17 bits per heavy atom. The molecule has 23 heavy (non-hydrogen) atoms. The third-order valence-corrected chi connectivity index (χ3v) is 8.78. The molecule has 0 N–H and O–H groups in total. The lowest BCUT2D eigenvalue weighted by Gasteiger charge is -2.06. The molecule has 0 saturated carbocycles. The molecule has 0 aromatic heterocycles. The van der Waals surface area contributed by atoms with Crippen LogP contribution in [0.2, 0.25) is 0 Å². The lowest BCUT2D eigenvalue weighted by molar-refractivity contribution is 0.525. The van der Waals surface area contributed by atoms with Gasteiger partial charge in [-0.05, 0) is 12.1 Å². The van der Waals surface area contributed by atoms with Crippen LogP contribution < -0.4 is 0 Å². The molecule has 2 unspecified atom stereocenters. The van der Waals surface area contributed by atoms with Crippen molar-refractivity contribution < 1.29 is 0 Å². The number of hydrogen-bond acceptors (Lipinski definition) is 0. The Hall–Kier alpha value is 1.16. The molecule has 2 heteroatoms. The largest absolute Gasteiger partial charge is 0.0654 e. The number of unbranched alkanes of at least 4 members (excludes halogenated alkanes) is 16. The van der Waals surface area contributed by atoms with Crippen LogP contribution in [0.15, 0.2) is 0 Å². The highest BCUT2D eigenvalue weighted by Gasteiger charge is 1.99. The van der Waals surface area contributed by atoms with E-state index < -0.39 is 0 Å². The van der Waals surface area contributed by atoms with Crippen molar-refractivity contribution >= 4 is 28.3 Å². The molecule has 0 aromatic carbocycles. The summed E-state index contributed by atoms with van der Waals surface area (Å²) in [4.78, 5) is 0. The normalized spacial score (nSPS) is 13.2. The van der Waals surface area contributed by atoms with E-state index in [9.17, 15) is 0 Å². The monoisotopic (exact) mass is 454 g/mol. The van der Waals surface area contributed by atoms with Crippen molar-refractivity contribution in [2.75, 3.05) is 0 Å². The molecule has 0 nitrogen and oxygen atoms in total. The zero-order valence-corrected chi connectivity index (χ0v) is 19.3. The second kappa shape index (κ2) is 21.2. The smallest absolute Gasteiger partial charge is 0.0174 e. The van der Waals surface area contributed by atoms with Crippen LogP contribution in [0.5, 0.6) is 0 Å². The fourth-order valence-corrected chi connectivity index (χ4v) is 4.48. The van der Waals surface area contributed by atoms with Crippen LogP contribution in [-0.4, -0.2) is 5.66 Å². The van der Waals surface area contributed by atoms with Gasteiger partial charge in [0.15, 0.2) is 0 Å². The van der Waals surface area contributed by atoms with E-state index >= 15 is 0 Å². The highest BCUT2D eigenvalue weighted by atomic mass is 127. The summed E-state index contributed by atoms with van der Waals surface area (Å²) in [6, 6.07) is 0. The van der Waals surface area contributed by atoms with Gasteiger partial charge >= 0.3 is 0 Å². The Morgan fingerprint density at radius 2 is 0.870 bits per heavy atom. The van der Waals surface area contributed by atoms with Gasteiger partial charge in [0.2, 0.25) is 0 Å². The molecular weight excluding hydrogens is 410 g/mol. The topological polar surface area (TPSA) is 0 Å². The van der Waals surface area contributed by atoms with Gasteiger partial charge in [-0.1, -0.05) is 151 Å². The van der Waals surface area contributed by atoms with E-state index in [0.29, 0.717) is 0 Å². The van der Waals surface area contributed by atoms with Crippen LogP contribution in [-0.2, 0) is 0 Å². The van der Waals surface area contributed by atoms with Crippen molar-refractivity contribution in [2.24, 2.45) is 0 Å². The number of halogens is 1. The number of hydrogen-bond donors (Lipinski definition) is 0. The minimum absolute atomic E-state index is 0.965. The Morgan fingerprint density at radius 1 is 0.565 bits per heavy atom. The lowest BCUT2D eigenvalue weighted by Crippen LogP contribution is -1.91. The van der Waals surface area contributed by atoms with Gasteiger partial charge in [-0.15, -0.1) is 0 Å². The molecule has 0 amide bonds. The third kappa shape index (κ3) is 21.1. The first kappa shape index (κ1) is 24.2. The SMILES string of the molecule is CCCCCCCCCCCCCCCCCCCC(C)PI. The van der Waals surface area contributed by atoms with Gasteiger partial charge in [0.1, 0.15) is 0 Å². The van der Waals surface area contributed by atoms with Crippen LogP contribution in [0.4, 0.5) is 0 Å². The Balaban J connectivity index is 2.97. The van der Waals surface area contributed by atoms with Gasteiger partial charge in [0.05, 0.1) is 0 Å². The molecule has 140 valence electrons. The van der Waals surface area contributed by atoms with Crippen molar-refractivity contribution in [1.82, 2.24) is 0 Å². The van der Waals surface area contributed by atoms with Crippen LogP contribution >= 0.6 is 28.3 Å². The van der Waals surface area contributed by atoms with E-state index in [0.717, 1.165) is 11.9 Å². The van der Waals surface area contributed by atoms with Crippen molar-refractivity contribution in [3.63, 3.8) is 0 Å². The Bertz CT molecular complexity index is 208. The Labute approximate surface area is 163 Å². The average Bonchev–Trinajstić information content (AvgIpc) is 2.57. The highest BCUT2D eigenvalue weighted by Crippen LogP contribution is 2.31. The highest BCUT2D eigenvalue weighted by molar-refractivity contribution is 14.2. The second-order valence-electron chi connectivity index (χ2n) is 7.46. The summed E-state index contributed by atoms with van der Waals surface area (Å²) in [6.07, 6.45) is 27.6. The first-order chi connectivity index (χ1) is 11.3. The molecule has 0 spiro atoms. The predicted molar refractivity (Wildman–Crippen MR) is 121 cm³/mol. The first-order valence-electron chi connectivity index (χ1n) is 10.7. The summed E-state index contributed by atoms with van der Waals surface area (Å²) in [5, 5.41) is 0. The molecule has 0 aliphatic carbocycles. The summed E-state index contributed by atoms with van der Waals surface area (Å²) in [5.74, 6) is 0. The van der Waals surface area contributed by atoms with Gasteiger partial charge < -0.3 is 0 Å². The van der Waals surface area contributed by atoms with E-state index in [2.05, 4.69) is 35.9 Å². The molecule has 0 fully saturated rings. The fourth-order valence-electron chi connectivity index (χ4n) is 3.23. The maximum absolute atomic E-state index is 2.55. The van der Waals surface area contributed by atoms with E-state index in [1.54, 1.807) is 0 Å². The van der Waals surface area contributed by atoms with Gasteiger partial charge in [0.25, 0.3) is 0 Å². The summed E-state index contributed by atoms with van der Waals surface area (Å²) in [6.45, 7) is 4.70. The van der Waals surface area contributed by atoms with E-state index in [1.807, 2.05) is 0 Å².